The minimum Gasteiger partial charge on any atom is -0.484 e. The van der Waals surface area contributed by atoms with E-state index in [-0.39, 0.29) is 29.1 Å². The first kappa shape index (κ1) is 22.5. The summed E-state index contributed by atoms with van der Waals surface area (Å²) < 4.78 is 38.9. The summed E-state index contributed by atoms with van der Waals surface area (Å²) in [5.74, 6) is 0.222. The molecule has 2 aromatic carbocycles. The van der Waals surface area contributed by atoms with Crippen LogP contribution in [0.3, 0.4) is 0 Å². The second-order valence-electron chi connectivity index (χ2n) is 6.29. The minimum absolute atomic E-state index is 0.0141. The van der Waals surface area contributed by atoms with Gasteiger partial charge in [0.2, 0.25) is 5.82 Å². The van der Waals surface area contributed by atoms with E-state index in [9.17, 15) is 13.2 Å². The largest absolute Gasteiger partial charge is 0.484 e. The summed E-state index contributed by atoms with van der Waals surface area (Å²) >= 11 is 3.40. The van der Waals surface area contributed by atoms with Crippen LogP contribution >= 0.6 is 15.9 Å². The fourth-order valence-corrected chi connectivity index (χ4v) is 3.75. The number of nitrogens with zero attached hydrogens (tertiary/aromatic N) is 2. The Hall–Kier alpha value is -3.18. The van der Waals surface area contributed by atoms with E-state index in [1.807, 2.05) is 19.1 Å². The number of amides is 1. The van der Waals surface area contributed by atoms with Crippen molar-refractivity contribution in [3.05, 3.63) is 64.9 Å². The average molecular weight is 507 g/mol. The SMILES string of the molecule is COc1nccnc1NS(=O)(=O)c1ccc(NC(=O)COc2ccc(Br)c(C)c2)cc1. The van der Waals surface area contributed by atoms with E-state index in [4.69, 9.17) is 9.47 Å². The number of nitrogens with one attached hydrogen (secondary N) is 2. The number of ether oxygens (including phenoxy) is 2. The first-order valence-electron chi connectivity index (χ1n) is 8.95. The monoisotopic (exact) mass is 506 g/mol. The van der Waals surface area contributed by atoms with Crippen LogP contribution in [0.4, 0.5) is 11.5 Å². The molecule has 0 bridgehead atoms. The third kappa shape index (κ3) is 5.92. The molecule has 31 heavy (non-hydrogen) atoms. The van der Waals surface area contributed by atoms with Crippen molar-refractivity contribution < 1.29 is 22.7 Å². The van der Waals surface area contributed by atoms with Gasteiger partial charge in [-0.15, -0.1) is 0 Å². The molecule has 0 aliphatic rings. The number of aryl methyl sites for hydroxylation is 1. The lowest BCUT2D eigenvalue weighted by molar-refractivity contribution is -0.118. The lowest BCUT2D eigenvalue weighted by Gasteiger charge is -2.11. The Morgan fingerprint density at radius 1 is 1.10 bits per heavy atom. The second-order valence-corrected chi connectivity index (χ2v) is 8.83. The van der Waals surface area contributed by atoms with E-state index in [0.717, 1.165) is 10.0 Å². The van der Waals surface area contributed by atoms with E-state index < -0.39 is 10.0 Å². The number of methoxy groups -OCH3 is 1. The Labute approximate surface area is 188 Å². The van der Waals surface area contributed by atoms with Gasteiger partial charge in [0.1, 0.15) is 5.75 Å². The summed E-state index contributed by atoms with van der Waals surface area (Å²) in [7, 11) is -2.56. The van der Waals surface area contributed by atoms with Crippen molar-refractivity contribution in [3.63, 3.8) is 0 Å². The fraction of sp³-hybridized carbons (Fsp3) is 0.150. The zero-order valence-electron chi connectivity index (χ0n) is 16.6. The van der Waals surface area contributed by atoms with Gasteiger partial charge in [0, 0.05) is 22.6 Å². The molecule has 9 nitrogen and oxygen atoms in total. The molecule has 3 rings (SSSR count). The molecule has 0 saturated carbocycles. The number of hydrogen-bond acceptors (Lipinski definition) is 7. The first-order chi connectivity index (χ1) is 14.8. The molecule has 0 aliphatic carbocycles. The summed E-state index contributed by atoms with van der Waals surface area (Å²) in [6.45, 7) is 1.73. The molecule has 0 fully saturated rings. The van der Waals surface area contributed by atoms with Crippen molar-refractivity contribution in [1.82, 2.24) is 9.97 Å². The van der Waals surface area contributed by atoms with Gasteiger partial charge < -0.3 is 14.8 Å². The summed E-state index contributed by atoms with van der Waals surface area (Å²) in [6, 6.07) is 11.1. The van der Waals surface area contributed by atoms with Crippen LogP contribution < -0.4 is 19.5 Å². The molecule has 0 unspecified atom stereocenters. The topological polar surface area (TPSA) is 120 Å². The highest BCUT2D eigenvalue weighted by molar-refractivity contribution is 9.10. The number of aromatic nitrogens is 2. The highest BCUT2D eigenvalue weighted by Crippen LogP contribution is 2.23. The van der Waals surface area contributed by atoms with Crippen molar-refractivity contribution in [1.29, 1.82) is 0 Å². The lowest BCUT2D eigenvalue weighted by Crippen LogP contribution is -2.20. The summed E-state index contributed by atoms with van der Waals surface area (Å²) in [4.78, 5) is 19.9. The quantitative estimate of drug-likeness (QED) is 0.480. The van der Waals surface area contributed by atoms with Crippen LogP contribution in [0.15, 0.2) is 64.2 Å². The van der Waals surface area contributed by atoms with Crippen molar-refractivity contribution in [3.8, 4) is 11.6 Å². The Kier molecular flexibility index (Phi) is 7.08. The molecular formula is C20H19BrN4O5S. The van der Waals surface area contributed by atoms with Crippen molar-refractivity contribution in [2.45, 2.75) is 11.8 Å². The lowest BCUT2D eigenvalue weighted by atomic mass is 10.2. The normalized spacial score (nSPS) is 10.9. The maximum absolute atomic E-state index is 12.6. The number of halogens is 1. The van der Waals surface area contributed by atoms with Gasteiger partial charge in [0.05, 0.1) is 12.0 Å². The van der Waals surface area contributed by atoms with Crippen molar-refractivity contribution >= 4 is 43.4 Å². The number of benzene rings is 2. The molecule has 0 atom stereocenters. The molecule has 3 aromatic rings. The van der Waals surface area contributed by atoms with E-state index >= 15 is 0 Å². The number of carbonyl (C=O) groups excluding carboxylic acids is 1. The van der Waals surface area contributed by atoms with Crippen LogP contribution in [0.25, 0.3) is 0 Å². The molecule has 1 amide bonds. The van der Waals surface area contributed by atoms with Gasteiger partial charge in [-0.2, -0.15) is 0 Å². The van der Waals surface area contributed by atoms with Crippen LogP contribution in [-0.4, -0.2) is 38.0 Å². The molecule has 0 aliphatic heterocycles. The summed E-state index contributed by atoms with van der Waals surface area (Å²) in [6.07, 6.45) is 2.73. The van der Waals surface area contributed by atoms with Gasteiger partial charge in [0.15, 0.2) is 6.61 Å². The first-order valence-corrected chi connectivity index (χ1v) is 11.2. The van der Waals surface area contributed by atoms with Crippen LogP contribution in [0, 0.1) is 6.92 Å². The molecule has 0 spiro atoms. The minimum atomic E-state index is -3.92. The number of carbonyl (C=O) groups is 1. The van der Waals surface area contributed by atoms with Crippen LogP contribution in [0.5, 0.6) is 11.6 Å². The maximum Gasteiger partial charge on any atom is 0.263 e. The predicted octanol–water partition coefficient (Wildman–Crippen LogP) is 3.37. The third-order valence-corrected chi connectivity index (χ3v) is 6.28. The van der Waals surface area contributed by atoms with Gasteiger partial charge in [-0.1, -0.05) is 15.9 Å². The van der Waals surface area contributed by atoms with Crippen LogP contribution in [-0.2, 0) is 14.8 Å². The Balaban J connectivity index is 1.61. The molecule has 162 valence electrons. The van der Waals surface area contributed by atoms with E-state index in [0.29, 0.717) is 11.4 Å². The van der Waals surface area contributed by atoms with Gasteiger partial charge in [-0.05, 0) is 55.0 Å². The van der Waals surface area contributed by atoms with Crippen LogP contribution in [0.2, 0.25) is 0 Å². The van der Waals surface area contributed by atoms with Gasteiger partial charge in [-0.3, -0.25) is 9.52 Å². The summed E-state index contributed by atoms with van der Waals surface area (Å²) in [5, 5.41) is 2.65. The van der Waals surface area contributed by atoms with Crippen LogP contribution in [0.1, 0.15) is 5.56 Å². The number of anilines is 2. The fourth-order valence-electron chi connectivity index (χ4n) is 2.50. The number of rotatable bonds is 8. The van der Waals surface area contributed by atoms with Gasteiger partial charge >= 0.3 is 0 Å². The van der Waals surface area contributed by atoms with Gasteiger partial charge in [0.25, 0.3) is 21.8 Å². The van der Waals surface area contributed by atoms with E-state index in [2.05, 4.69) is 35.9 Å². The molecule has 2 N–H and O–H groups in total. The molecule has 1 heterocycles. The molecule has 1 aromatic heterocycles. The highest BCUT2D eigenvalue weighted by atomic mass is 79.9. The van der Waals surface area contributed by atoms with E-state index in [1.54, 1.807) is 6.07 Å². The molecule has 11 heteroatoms. The Morgan fingerprint density at radius 3 is 2.48 bits per heavy atom. The zero-order valence-corrected chi connectivity index (χ0v) is 19.0. The van der Waals surface area contributed by atoms with Crippen molar-refractivity contribution in [2.24, 2.45) is 0 Å². The Bertz CT molecular complexity index is 1190. The molecular weight excluding hydrogens is 488 g/mol. The standard InChI is InChI=1S/C20H19BrN4O5S/c1-13-11-15(5-8-17(13)21)30-12-18(26)24-14-3-6-16(7-4-14)31(27,28)25-19-20(29-2)23-10-9-22-19/h3-11H,12H2,1-2H3,(H,22,25)(H,24,26). The molecule has 0 saturated heterocycles. The third-order valence-electron chi connectivity index (χ3n) is 4.04. The van der Waals surface area contributed by atoms with E-state index in [1.165, 1.54) is 43.8 Å². The molecule has 0 radical (unpaired) electrons. The average Bonchev–Trinajstić information content (AvgIpc) is 2.75. The zero-order chi connectivity index (χ0) is 22.4. The second kappa shape index (κ2) is 9.75. The predicted molar refractivity (Wildman–Crippen MR) is 119 cm³/mol. The highest BCUT2D eigenvalue weighted by Gasteiger charge is 2.18. The Morgan fingerprint density at radius 2 is 1.81 bits per heavy atom. The van der Waals surface area contributed by atoms with Crippen molar-refractivity contribution in [2.75, 3.05) is 23.8 Å². The number of hydrogen-bond donors (Lipinski definition) is 2. The van der Waals surface area contributed by atoms with Gasteiger partial charge in [-0.25, -0.2) is 18.4 Å². The summed E-state index contributed by atoms with van der Waals surface area (Å²) in [5.41, 5.74) is 1.42. The number of sulfonamides is 1. The maximum atomic E-state index is 12.6. The smallest absolute Gasteiger partial charge is 0.263 e.